The number of carbonyl (C=O) groups excluding carboxylic acids is 2. The molecule has 34 heavy (non-hydrogen) atoms. The molecule has 1 unspecified atom stereocenters. The van der Waals surface area contributed by atoms with Gasteiger partial charge in [0.2, 0.25) is 15.9 Å². The van der Waals surface area contributed by atoms with Crippen LogP contribution in [0.2, 0.25) is 0 Å². The van der Waals surface area contributed by atoms with Crippen molar-refractivity contribution in [3.8, 4) is 11.1 Å². The molecule has 0 spiro atoms. The minimum absolute atomic E-state index is 0.0260. The van der Waals surface area contributed by atoms with Crippen molar-refractivity contribution in [3.63, 3.8) is 0 Å². The first kappa shape index (κ1) is 25.1. The lowest BCUT2D eigenvalue weighted by Gasteiger charge is -2.25. The minimum Gasteiger partial charge on any atom is -0.347 e. The van der Waals surface area contributed by atoms with E-state index in [0.717, 1.165) is 16.7 Å². The molecule has 2 amide bonds. The maximum absolute atomic E-state index is 12.8. The van der Waals surface area contributed by atoms with Crippen LogP contribution in [0, 0.1) is 6.92 Å². The summed E-state index contributed by atoms with van der Waals surface area (Å²) in [5, 5.41) is 10.8. The first-order chi connectivity index (χ1) is 16.1. The number of nitrogens with zero attached hydrogens (tertiary/aromatic N) is 2. The third-order valence-electron chi connectivity index (χ3n) is 5.20. The van der Waals surface area contributed by atoms with Crippen LogP contribution in [0.1, 0.15) is 15.9 Å². The van der Waals surface area contributed by atoms with E-state index in [0.29, 0.717) is 5.06 Å². The van der Waals surface area contributed by atoms with Gasteiger partial charge in [-0.15, -0.1) is 0 Å². The van der Waals surface area contributed by atoms with Gasteiger partial charge in [-0.05, 0) is 42.3 Å². The molecular formula is C25H27N3O5S. The van der Waals surface area contributed by atoms with E-state index in [9.17, 15) is 23.2 Å². The maximum Gasteiger partial charge on any atom is 0.277 e. The van der Waals surface area contributed by atoms with Gasteiger partial charge in [0.15, 0.2) is 0 Å². The Kier molecular flexibility index (Phi) is 7.83. The van der Waals surface area contributed by atoms with Crippen LogP contribution in [0.4, 0.5) is 0 Å². The molecule has 0 radical (unpaired) electrons. The van der Waals surface area contributed by atoms with Gasteiger partial charge < -0.3 is 4.90 Å². The summed E-state index contributed by atoms with van der Waals surface area (Å²) < 4.78 is 27.9. The Balaban J connectivity index is 1.77. The van der Waals surface area contributed by atoms with Gasteiger partial charge in [0, 0.05) is 19.7 Å². The summed E-state index contributed by atoms with van der Waals surface area (Å²) in [6.07, 6.45) is 0. The molecule has 3 aromatic rings. The third kappa shape index (κ3) is 6.07. The average Bonchev–Trinajstić information content (AvgIpc) is 2.83. The first-order valence-electron chi connectivity index (χ1n) is 10.5. The summed E-state index contributed by atoms with van der Waals surface area (Å²) in [6.45, 7) is 1.26. The number of carbonyl (C=O) groups is 2. The molecule has 3 aromatic carbocycles. The molecule has 0 fully saturated rings. The molecule has 1 atom stereocenters. The predicted molar refractivity (Wildman–Crippen MR) is 129 cm³/mol. The lowest BCUT2D eigenvalue weighted by molar-refractivity contribution is -0.133. The maximum atomic E-state index is 12.8. The van der Waals surface area contributed by atoms with Crippen molar-refractivity contribution in [2.24, 2.45) is 0 Å². The van der Waals surface area contributed by atoms with Gasteiger partial charge in [0.05, 0.1) is 11.4 Å². The van der Waals surface area contributed by atoms with Crippen LogP contribution >= 0.6 is 0 Å². The van der Waals surface area contributed by atoms with Gasteiger partial charge in [-0.1, -0.05) is 60.2 Å². The van der Waals surface area contributed by atoms with E-state index in [-0.39, 0.29) is 10.5 Å². The zero-order valence-corrected chi connectivity index (χ0v) is 20.0. The van der Waals surface area contributed by atoms with Gasteiger partial charge in [-0.3, -0.25) is 14.8 Å². The summed E-state index contributed by atoms with van der Waals surface area (Å²) >= 11 is 0. The van der Waals surface area contributed by atoms with Gasteiger partial charge in [0.1, 0.15) is 6.04 Å². The fraction of sp³-hybridized carbons (Fsp3) is 0.200. The van der Waals surface area contributed by atoms with Crippen LogP contribution in [0.3, 0.4) is 0 Å². The number of hydrogen-bond acceptors (Lipinski definition) is 5. The number of amides is 2. The zero-order chi connectivity index (χ0) is 24.9. The number of likely N-dealkylation sites (N-methyl/N-ethyl adjacent to an activating group) is 1. The largest absolute Gasteiger partial charge is 0.347 e. The smallest absolute Gasteiger partial charge is 0.277 e. The number of hydroxylamine groups is 2. The van der Waals surface area contributed by atoms with Gasteiger partial charge in [-0.2, -0.15) is 4.72 Å². The van der Waals surface area contributed by atoms with Crippen molar-refractivity contribution in [3.05, 3.63) is 90.0 Å². The van der Waals surface area contributed by atoms with Gasteiger partial charge >= 0.3 is 0 Å². The Labute approximate surface area is 199 Å². The highest BCUT2D eigenvalue weighted by atomic mass is 32.2. The fourth-order valence-electron chi connectivity index (χ4n) is 3.29. The molecule has 0 bridgehead atoms. The molecule has 0 aromatic heterocycles. The Morgan fingerprint density at radius 1 is 0.882 bits per heavy atom. The monoisotopic (exact) mass is 481 g/mol. The minimum atomic E-state index is -4.07. The van der Waals surface area contributed by atoms with Gasteiger partial charge in [0.25, 0.3) is 5.91 Å². The highest BCUT2D eigenvalue weighted by molar-refractivity contribution is 7.89. The van der Waals surface area contributed by atoms with E-state index in [1.165, 1.54) is 31.1 Å². The predicted octanol–water partition coefficient (Wildman–Crippen LogP) is 2.93. The highest BCUT2D eigenvalue weighted by Crippen LogP contribution is 2.20. The van der Waals surface area contributed by atoms with Crippen molar-refractivity contribution >= 4 is 21.8 Å². The van der Waals surface area contributed by atoms with Crippen LogP contribution in [0.25, 0.3) is 11.1 Å². The summed E-state index contributed by atoms with van der Waals surface area (Å²) in [6, 6.07) is 20.9. The number of benzene rings is 3. The molecular weight excluding hydrogens is 454 g/mol. The molecule has 2 N–H and O–H groups in total. The molecule has 9 heteroatoms. The van der Waals surface area contributed by atoms with Crippen LogP contribution in [0.15, 0.2) is 83.8 Å². The molecule has 8 nitrogen and oxygen atoms in total. The molecule has 0 aliphatic heterocycles. The van der Waals surface area contributed by atoms with E-state index in [2.05, 4.69) is 4.72 Å². The van der Waals surface area contributed by atoms with E-state index < -0.39 is 34.4 Å². The number of nitrogens with one attached hydrogen (secondary N) is 1. The summed E-state index contributed by atoms with van der Waals surface area (Å²) in [7, 11) is -1.15. The summed E-state index contributed by atoms with van der Waals surface area (Å²) in [5.74, 6) is -1.37. The molecule has 0 aliphatic rings. The zero-order valence-electron chi connectivity index (χ0n) is 19.2. The third-order valence-corrected chi connectivity index (χ3v) is 6.68. The highest BCUT2D eigenvalue weighted by Gasteiger charge is 2.30. The molecule has 0 saturated heterocycles. The summed E-state index contributed by atoms with van der Waals surface area (Å²) in [5.41, 5.74) is 2.95. The van der Waals surface area contributed by atoms with Crippen LogP contribution in [-0.4, -0.2) is 62.1 Å². The molecule has 0 aliphatic carbocycles. The normalized spacial score (nSPS) is 12.1. The number of rotatable bonds is 8. The first-order valence-corrected chi connectivity index (χ1v) is 12.0. The standard InChI is InChI=1S/C25H27N3O5S/c1-18-9-15-22(16-10-18)34(32,33)26-23(25(30)27(2)3)17-28(31)24(29)21-13-11-20(12-14-21)19-7-5-4-6-8-19/h4-16,23,26,31H,17H2,1-3H3. The van der Waals surface area contributed by atoms with E-state index in [1.54, 1.807) is 36.4 Å². The van der Waals surface area contributed by atoms with Crippen LogP contribution in [0.5, 0.6) is 0 Å². The fourth-order valence-corrected chi connectivity index (χ4v) is 4.47. The second kappa shape index (κ2) is 10.6. The second-order valence-corrected chi connectivity index (χ2v) is 9.76. The number of hydrogen-bond donors (Lipinski definition) is 2. The average molecular weight is 482 g/mol. The van der Waals surface area contributed by atoms with Crippen LogP contribution < -0.4 is 4.72 Å². The van der Waals surface area contributed by atoms with E-state index in [1.807, 2.05) is 37.3 Å². The summed E-state index contributed by atoms with van der Waals surface area (Å²) in [4.78, 5) is 26.6. The number of sulfonamides is 1. The molecule has 3 rings (SSSR count). The SMILES string of the molecule is Cc1ccc(S(=O)(=O)NC(CN(O)C(=O)c2ccc(-c3ccccc3)cc2)C(=O)N(C)C)cc1. The molecule has 0 heterocycles. The molecule has 0 saturated carbocycles. The van der Waals surface area contributed by atoms with Crippen molar-refractivity contribution in [1.82, 2.24) is 14.7 Å². The van der Waals surface area contributed by atoms with Crippen molar-refractivity contribution in [1.29, 1.82) is 0 Å². The number of aryl methyl sites for hydroxylation is 1. The van der Waals surface area contributed by atoms with Crippen LogP contribution in [-0.2, 0) is 14.8 Å². The second-order valence-electron chi connectivity index (χ2n) is 8.05. The lowest BCUT2D eigenvalue weighted by atomic mass is 10.0. The Hall–Kier alpha value is -3.53. The Bertz CT molecular complexity index is 1240. The Morgan fingerprint density at radius 3 is 2.00 bits per heavy atom. The van der Waals surface area contributed by atoms with E-state index in [4.69, 9.17) is 0 Å². The van der Waals surface area contributed by atoms with Crippen molar-refractivity contribution < 1.29 is 23.2 Å². The topological polar surface area (TPSA) is 107 Å². The van der Waals surface area contributed by atoms with Crippen molar-refractivity contribution in [2.75, 3.05) is 20.6 Å². The molecule has 178 valence electrons. The van der Waals surface area contributed by atoms with Gasteiger partial charge in [-0.25, -0.2) is 13.5 Å². The quantitative estimate of drug-likeness (QED) is 0.380. The van der Waals surface area contributed by atoms with Crippen molar-refractivity contribution in [2.45, 2.75) is 17.9 Å². The lowest BCUT2D eigenvalue weighted by Crippen LogP contribution is -2.52. The van der Waals surface area contributed by atoms with E-state index >= 15 is 0 Å². The Morgan fingerprint density at radius 2 is 1.44 bits per heavy atom.